The van der Waals surface area contributed by atoms with Crippen molar-refractivity contribution in [1.29, 1.82) is 0 Å². The zero-order chi connectivity index (χ0) is 14.3. The number of para-hydroxylation sites is 1. The number of rotatable bonds is 3. The second-order valence-electron chi connectivity index (χ2n) is 3.75. The van der Waals surface area contributed by atoms with Crippen molar-refractivity contribution in [2.75, 3.05) is 18.9 Å². The molecule has 1 aromatic carbocycles. The average Bonchev–Trinajstić information content (AvgIpc) is 2.39. The number of aliphatic imine (C=N–C) groups is 1. The van der Waals surface area contributed by atoms with Crippen LogP contribution in [-0.2, 0) is 0 Å². The van der Waals surface area contributed by atoms with Gasteiger partial charge in [0.2, 0.25) is 0 Å². The van der Waals surface area contributed by atoms with Crippen molar-refractivity contribution in [2.45, 2.75) is 6.92 Å². The molecule has 0 spiro atoms. The standard InChI is InChI=1S/C13H17ClN4O/c1-4-8-16-12(15-3)18-13(19)17-11-9(2)6-5-7-10(11)14/h4-7H,1,8H2,2-3H3,(H3,15,16,17,18,19). The van der Waals surface area contributed by atoms with Crippen molar-refractivity contribution in [3.8, 4) is 0 Å². The maximum atomic E-state index is 11.8. The number of carbonyl (C=O) groups excluding carboxylic acids is 1. The van der Waals surface area contributed by atoms with Gasteiger partial charge in [-0.05, 0) is 18.6 Å². The number of amides is 2. The lowest BCUT2D eigenvalue weighted by Crippen LogP contribution is -2.43. The summed E-state index contributed by atoms with van der Waals surface area (Å²) >= 11 is 6.03. The number of halogens is 1. The molecule has 0 atom stereocenters. The molecular weight excluding hydrogens is 264 g/mol. The summed E-state index contributed by atoms with van der Waals surface area (Å²) < 4.78 is 0. The minimum absolute atomic E-state index is 0.363. The van der Waals surface area contributed by atoms with E-state index in [-0.39, 0.29) is 0 Å². The normalized spacial score (nSPS) is 10.8. The van der Waals surface area contributed by atoms with Crippen LogP contribution in [0.3, 0.4) is 0 Å². The van der Waals surface area contributed by atoms with E-state index >= 15 is 0 Å². The van der Waals surface area contributed by atoms with Crippen LogP contribution >= 0.6 is 11.6 Å². The number of urea groups is 1. The monoisotopic (exact) mass is 280 g/mol. The molecule has 1 rings (SSSR count). The maximum absolute atomic E-state index is 11.8. The quantitative estimate of drug-likeness (QED) is 0.452. The van der Waals surface area contributed by atoms with Gasteiger partial charge in [-0.2, -0.15) is 0 Å². The number of hydrogen-bond donors (Lipinski definition) is 3. The second kappa shape index (κ2) is 7.43. The molecule has 0 aliphatic heterocycles. The van der Waals surface area contributed by atoms with Gasteiger partial charge >= 0.3 is 6.03 Å². The summed E-state index contributed by atoms with van der Waals surface area (Å²) in [5.41, 5.74) is 1.47. The van der Waals surface area contributed by atoms with Crippen LogP contribution in [0.5, 0.6) is 0 Å². The summed E-state index contributed by atoms with van der Waals surface area (Å²) in [5, 5.41) is 8.66. The Kier molecular flexibility index (Phi) is 5.89. The molecule has 2 amide bonds. The molecular formula is C13H17ClN4O. The van der Waals surface area contributed by atoms with Crippen LogP contribution in [0.4, 0.5) is 10.5 Å². The van der Waals surface area contributed by atoms with Crippen LogP contribution in [0.25, 0.3) is 0 Å². The van der Waals surface area contributed by atoms with E-state index < -0.39 is 6.03 Å². The predicted molar refractivity (Wildman–Crippen MR) is 79.9 cm³/mol. The van der Waals surface area contributed by atoms with Gasteiger partial charge in [0.05, 0.1) is 10.7 Å². The number of nitrogens with one attached hydrogen (secondary N) is 3. The summed E-state index contributed by atoms with van der Waals surface area (Å²) in [5.74, 6) is 0.363. The van der Waals surface area contributed by atoms with Crippen LogP contribution in [0.1, 0.15) is 5.56 Å². The summed E-state index contributed by atoms with van der Waals surface area (Å²) in [4.78, 5) is 15.7. The first-order valence-electron chi connectivity index (χ1n) is 5.73. The van der Waals surface area contributed by atoms with E-state index in [1.54, 1.807) is 19.2 Å². The van der Waals surface area contributed by atoms with E-state index in [0.29, 0.717) is 23.2 Å². The molecule has 0 saturated heterocycles. The Morgan fingerprint density at radius 2 is 2.26 bits per heavy atom. The van der Waals surface area contributed by atoms with Crippen LogP contribution in [0, 0.1) is 6.92 Å². The highest BCUT2D eigenvalue weighted by Gasteiger charge is 2.09. The lowest BCUT2D eigenvalue weighted by atomic mass is 10.2. The zero-order valence-electron chi connectivity index (χ0n) is 11.0. The fourth-order valence-corrected chi connectivity index (χ4v) is 1.66. The topological polar surface area (TPSA) is 65.5 Å². The molecule has 6 heteroatoms. The molecule has 0 aliphatic carbocycles. The predicted octanol–water partition coefficient (Wildman–Crippen LogP) is 2.53. The van der Waals surface area contributed by atoms with Gasteiger partial charge in [0, 0.05) is 13.6 Å². The van der Waals surface area contributed by atoms with Gasteiger partial charge in [0.15, 0.2) is 5.96 Å². The maximum Gasteiger partial charge on any atom is 0.326 e. The van der Waals surface area contributed by atoms with Crippen molar-refractivity contribution in [2.24, 2.45) is 4.99 Å². The Bertz CT molecular complexity index is 479. The number of benzene rings is 1. The van der Waals surface area contributed by atoms with Crippen LogP contribution in [-0.4, -0.2) is 25.6 Å². The Hall–Kier alpha value is -2.01. The minimum atomic E-state index is -0.409. The van der Waals surface area contributed by atoms with Crippen LogP contribution in [0.2, 0.25) is 5.02 Å². The molecule has 0 aliphatic rings. The van der Waals surface area contributed by atoms with E-state index in [4.69, 9.17) is 11.6 Å². The molecule has 0 heterocycles. The van der Waals surface area contributed by atoms with Gasteiger partial charge < -0.3 is 10.6 Å². The Labute approximate surface area is 117 Å². The molecule has 0 saturated carbocycles. The number of hydrogen-bond acceptors (Lipinski definition) is 2. The molecule has 0 bridgehead atoms. The second-order valence-corrected chi connectivity index (χ2v) is 4.16. The van der Waals surface area contributed by atoms with Crippen LogP contribution < -0.4 is 16.0 Å². The number of guanidine groups is 1. The molecule has 5 nitrogen and oxygen atoms in total. The lowest BCUT2D eigenvalue weighted by molar-refractivity contribution is 0.256. The highest BCUT2D eigenvalue weighted by molar-refractivity contribution is 6.34. The highest BCUT2D eigenvalue weighted by atomic mass is 35.5. The third-order valence-electron chi connectivity index (χ3n) is 2.33. The molecule has 102 valence electrons. The van der Waals surface area contributed by atoms with E-state index in [1.807, 2.05) is 19.1 Å². The summed E-state index contributed by atoms with van der Waals surface area (Å²) in [6.07, 6.45) is 1.67. The summed E-state index contributed by atoms with van der Waals surface area (Å²) in [6.45, 7) is 5.95. The van der Waals surface area contributed by atoms with Crippen molar-refractivity contribution in [3.05, 3.63) is 41.4 Å². The van der Waals surface area contributed by atoms with E-state index in [0.717, 1.165) is 5.56 Å². The third kappa shape index (κ3) is 4.63. The van der Waals surface area contributed by atoms with E-state index in [9.17, 15) is 4.79 Å². The fourth-order valence-electron chi connectivity index (χ4n) is 1.39. The largest absolute Gasteiger partial charge is 0.353 e. The molecule has 0 unspecified atom stereocenters. The van der Waals surface area contributed by atoms with E-state index in [2.05, 4.69) is 27.5 Å². The molecule has 19 heavy (non-hydrogen) atoms. The first kappa shape index (κ1) is 15.0. The van der Waals surface area contributed by atoms with Crippen molar-refractivity contribution in [1.82, 2.24) is 10.6 Å². The lowest BCUT2D eigenvalue weighted by Gasteiger charge is -2.13. The Morgan fingerprint density at radius 3 is 2.84 bits per heavy atom. The molecule has 0 fully saturated rings. The van der Waals surface area contributed by atoms with Crippen molar-refractivity contribution in [3.63, 3.8) is 0 Å². The minimum Gasteiger partial charge on any atom is -0.353 e. The van der Waals surface area contributed by atoms with Gasteiger partial charge in [-0.15, -0.1) is 6.58 Å². The molecule has 0 aromatic heterocycles. The molecule has 1 aromatic rings. The average molecular weight is 281 g/mol. The van der Waals surface area contributed by atoms with Gasteiger partial charge in [0.25, 0.3) is 0 Å². The van der Waals surface area contributed by atoms with Gasteiger partial charge in [-0.1, -0.05) is 29.8 Å². The number of nitrogens with zero attached hydrogens (tertiary/aromatic N) is 1. The summed E-state index contributed by atoms with van der Waals surface area (Å²) in [7, 11) is 1.58. The molecule has 3 N–H and O–H groups in total. The van der Waals surface area contributed by atoms with Crippen LogP contribution in [0.15, 0.2) is 35.8 Å². The van der Waals surface area contributed by atoms with Gasteiger partial charge in [-0.25, -0.2) is 4.79 Å². The highest BCUT2D eigenvalue weighted by Crippen LogP contribution is 2.24. The number of aryl methyl sites for hydroxylation is 1. The number of carbonyl (C=O) groups is 1. The first-order chi connectivity index (χ1) is 9.08. The Morgan fingerprint density at radius 1 is 1.53 bits per heavy atom. The summed E-state index contributed by atoms with van der Waals surface area (Å²) in [6, 6.07) is 5.00. The molecule has 0 radical (unpaired) electrons. The Balaban J connectivity index is 2.67. The fraction of sp³-hybridized carbons (Fsp3) is 0.231. The smallest absolute Gasteiger partial charge is 0.326 e. The number of anilines is 1. The van der Waals surface area contributed by atoms with Gasteiger partial charge in [0.1, 0.15) is 0 Å². The first-order valence-corrected chi connectivity index (χ1v) is 6.11. The third-order valence-corrected chi connectivity index (χ3v) is 2.64. The van der Waals surface area contributed by atoms with Gasteiger partial charge in [-0.3, -0.25) is 10.3 Å². The zero-order valence-corrected chi connectivity index (χ0v) is 11.7. The SMILES string of the molecule is C=CCNC(=NC)NC(=O)Nc1c(C)cccc1Cl. The van der Waals surface area contributed by atoms with E-state index in [1.165, 1.54) is 0 Å². The van der Waals surface area contributed by atoms with Crippen molar-refractivity contribution >= 4 is 29.3 Å². The van der Waals surface area contributed by atoms with Crippen molar-refractivity contribution < 1.29 is 4.79 Å².